The highest BCUT2D eigenvalue weighted by molar-refractivity contribution is 5.82. The molecule has 34 heavy (non-hydrogen) atoms. The maximum atomic E-state index is 12.4. The molecule has 0 aromatic heterocycles. The fourth-order valence-corrected chi connectivity index (χ4v) is 5.02. The number of likely N-dealkylation sites (tertiary alicyclic amines) is 1. The van der Waals surface area contributed by atoms with Crippen LogP contribution in [0.1, 0.15) is 61.8 Å². The largest absolute Gasteiger partial charge is 0.489 e. The molecule has 1 atom stereocenters. The predicted octanol–water partition coefficient (Wildman–Crippen LogP) is 5.92. The summed E-state index contributed by atoms with van der Waals surface area (Å²) >= 11 is 0. The van der Waals surface area contributed by atoms with Gasteiger partial charge in [0.05, 0.1) is 12.1 Å². The number of benzene rings is 2. The van der Waals surface area contributed by atoms with Gasteiger partial charge in [-0.25, -0.2) is 0 Å². The first-order valence-corrected chi connectivity index (χ1v) is 12.5. The van der Waals surface area contributed by atoms with Crippen molar-refractivity contribution in [1.29, 1.82) is 0 Å². The third-order valence-corrected chi connectivity index (χ3v) is 6.99. The van der Waals surface area contributed by atoms with E-state index in [-0.39, 0.29) is 12.8 Å². The van der Waals surface area contributed by atoms with Gasteiger partial charge in [-0.3, -0.25) is 14.1 Å². The van der Waals surface area contributed by atoms with E-state index in [0.717, 1.165) is 56.6 Å². The monoisotopic (exact) mass is 465 g/mol. The lowest BCUT2D eigenvalue weighted by atomic mass is 9.84. The number of rotatable bonds is 9. The van der Waals surface area contributed by atoms with Gasteiger partial charge in [0.15, 0.2) is 0 Å². The number of hydrogen-bond acceptors (Lipinski definition) is 3. The molecule has 0 spiro atoms. The van der Waals surface area contributed by atoms with Crippen molar-refractivity contribution in [3.8, 4) is 5.75 Å². The van der Waals surface area contributed by atoms with Gasteiger partial charge in [-0.2, -0.15) is 0 Å². The van der Waals surface area contributed by atoms with E-state index in [1.165, 1.54) is 22.3 Å². The molecule has 2 aromatic rings. The maximum Gasteiger partial charge on any atom is 0.309 e. The van der Waals surface area contributed by atoms with Crippen molar-refractivity contribution in [2.75, 3.05) is 26.3 Å². The standard InChI is InChI=1S/C29H36FNO3/c1-29(2,28(32)33)19-21-8-13-27-23(18-21)6-3-4-7-26(27)22-9-11-24(12-10-22)34-25-14-17-31(20-25)16-5-15-30/h7-13,18,25H,3-6,14-17,19-20H2,1-2H3,(H,32,33)/t25-/m0/s1. The summed E-state index contributed by atoms with van der Waals surface area (Å²) < 4.78 is 18.6. The molecule has 0 unspecified atom stereocenters. The fourth-order valence-electron chi connectivity index (χ4n) is 5.02. The molecule has 0 bridgehead atoms. The summed E-state index contributed by atoms with van der Waals surface area (Å²) in [4.78, 5) is 13.8. The van der Waals surface area contributed by atoms with Crippen molar-refractivity contribution >= 4 is 11.5 Å². The van der Waals surface area contributed by atoms with E-state index in [1.807, 2.05) is 0 Å². The van der Waals surface area contributed by atoms with Crippen LogP contribution in [-0.2, 0) is 17.6 Å². The van der Waals surface area contributed by atoms with E-state index in [2.05, 4.69) is 53.4 Å². The molecule has 5 heteroatoms. The maximum absolute atomic E-state index is 12.4. The van der Waals surface area contributed by atoms with Gasteiger partial charge in [-0.05, 0) is 92.3 Å². The molecule has 1 fully saturated rings. The minimum Gasteiger partial charge on any atom is -0.489 e. The van der Waals surface area contributed by atoms with Crippen LogP contribution >= 0.6 is 0 Å². The quantitative estimate of drug-likeness (QED) is 0.499. The molecule has 1 N–H and O–H groups in total. The fraction of sp³-hybridized carbons (Fsp3) is 0.483. The van der Waals surface area contributed by atoms with Gasteiger partial charge in [0.1, 0.15) is 11.9 Å². The van der Waals surface area contributed by atoms with Crippen LogP contribution in [0.4, 0.5) is 4.39 Å². The molecule has 182 valence electrons. The van der Waals surface area contributed by atoms with E-state index in [1.54, 1.807) is 13.8 Å². The Morgan fingerprint density at radius 1 is 1.21 bits per heavy atom. The normalized spacial score (nSPS) is 18.8. The molecule has 1 aliphatic carbocycles. The van der Waals surface area contributed by atoms with Crippen LogP contribution < -0.4 is 4.74 Å². The number of hydrogen-bond donors (Lipinski definition) is 1. The summed E-state index contributed by atoms with van der Waals surface area (Å²) in [6.45, 7) is 5.94. The van der Waals surface area contributed by atoms with Crippen LogP contribution in [0.25, 0.3) is 5.57 Å². The molecular weight excluding hydrogens is 429 g/mol. The summed E-state index contributed by atoms with van der Waals surface area (Å²) in [5.74, 6) is 0.109. The number of carboxylic acids is 1. The van der Waals surface area contributed by atoms with E-state index in [9.17, 15) is 14.3 Å². The average Bonchev–Trinajstić information content (AvgIpc) is 3.15. The number of allylic oxidation sites excluding steroid dienone is 1. The lowest BCUT2D eigenvalue weighted by molar-refractivity contribution is -0.146. The third kappa shape index (κ3) is 5.87. The van der Waals surface area contributed by atoms with Crippen LogP contribution in [-0.4, -0.2) is 48.4 Å². The van der Waals surface area contributed by atoms with Gasteiger partial charge in [-0.15, -0.1) is 0 Å². The van der Waals surface area contributed by atoms with E-state index in [0.29, 0.717) is 12.8 Å². The predicted molar refractivity (Wildman–Crippen MR) is 134 cm³/mol. The van der Waals surface area contributed by atoms with Gasteiger partial charge in [0.2, 0.25) is 0 Å². The minimum atomic E-state index is -0.781. The van der Waals surface area contributed by atoms with Crippen LogP contribution in [0.2, 0.25) is 0 Å². The molecule has 2 aromatic carbocycles. The van der Waals surface area contributed by atoms with E-state index < -0.39 is 11.4 Å². The summed E-state index contributed by atoms with van der Waals surface area (Å²) in [5, 5.41) is 9.50. The van der Waals surface area contributed by atoms with Gasteiger partial charge >= 0.3 is 5.97 Å². The number of ether oxygens (including phenoxy) is 1. The zero-order valence-corrected chi connectivity index (χ0v) is 20.4. The lowest BCUT2D eigenvalue weighted by Gasteiger charge is -2.20. The summed E-state index contributed by atoms with van der Waals surface area (Å²) in [5.41, 5.74) is 5.24. The van der Waals surface area contributed by atoms with Crippen LogP contribution in [0.15, 0.2) is 48.5 Å². The highest BCUT2D eigenvalue weighted by atomic mass is 19.1. The van der Waals surface area contributed by atoms with E-state index >= 15 is 0 Å². The number of aryl methyl sites for hydroxylation is 1. The van der Waals surface area contributed by atoms with Gasteiger partial charge in [-0.1, -0.05) is 36.4 Å². The Morgan fingerprint density at radius 3 is 2.74 bits per heavy atom. The first-order chi connectivity index (χ1) is 16.4. The van der Waals surface area contributed by atoms with Crippen molar-refractivity contribution in [2.24, 2.45) is 5.41 Å². The Hall–Kier alpha value is -2.66. The second-order valence-electron chi connectivity index (χ2n) is 10.3. The zero-order chi connectivity index (χ0) is 24.1. The number of carboxylic acid groups (broad SMARTS) is 1. The second kappa shape index (κ2) is 10.7. The Balaban J connectivity index is 1.46. The number of halogens is 1. The lowest BCUT2D eigenvalue weighted by Crippen LogP contribution is -2.26. The molecule has 1 saturated heterocycles. The minimum absolute atomic E-state index is 0.164. The summed E-state index contributed by atoms with van der Waals surface area (Å²) in [6.07, 6.45) is 7.69. The molecule has 4 nitrogen and oxygen atoms in total. The number of nitrogens with zero attached hydrogens (tertiary/aromatic N) is 1. The molecule has 1 aliphatic heterocycles. The Labute approximate surface area is 202 Å². The van der Waals surface area contributed by atoms with Gasteiger partial charge in [0.25, 0.3) is 0 Å². The van der Waals surface area contributed by atoms with Gasteiger partial charge in [0, 0.05) is 19.6 Å². The number of aliphatic carboxylic acids is 1. The highest BCUT2D eigenvalue weighted by Crippen LogP contribution is 2.34. The third-order valence-electron chi connectivity index (χ3n) is 6.99. The average molecular weight is 466 g/mol. The van der Waals surface area contributed by atoms with Crippen LogP contribution in [0.5, 0.6) is 5.75 Å². The Bertz CT molecular complexity index is 1030. The molecule has 0 radical (unpaired) electrons. The molecule has 4 rings (SSSR count). The molecule has 1 heterocycles. The van der Waals surface area contributed by atoms with Crippen LogP contribution in [0, 0.1) is 5.41 Å². The number of alkyl halides is 1. The Morgan fingerprint density at radius 2 is 2.00 bits per heavy atom. The van der Waals surface area contributed by atoms with Crippen molar-refractivity contribution in [3.05, 3.63) is 70.8 Å². The van der Waals surface area contributed by atoms with Crippen molar-refractivity contribution < 1.29 is 19.0 Å². The smallest absolute Gasteiger partial charge is 0.309 e. The van der Waals surface area contributed by atoms with Crippen LogP contribution in [0.3, 0.4) is 0 Å². The molecule has 0 saturated carbocycles. The molecular formula is C29H36FNO3. The molecule has 0 amide bonds. The number of fused-ring (bicyclic) bond motifs is 1. The van der Waals surface area contributed by atoms with Crippen molar-refractivity contribution in [3.63, 3.8) is 0 Å². The second-order valence-corrected chi connectivity index (χ2v) is 10.3. The van der Waals surface area contributed by atoms with Gasteiger partial charge < -0.3 is 9.84 Å². The topological polar surface area (TPSA) is 49.8 Å². The summed E-state index contributed by atoms with van der Waals surface area (Å²) in [6, 6.07) is 14.8. The summed E-state index contributed by atoms with van der Waals surface area (Å²) in [7, 11) is 0. The first-order valence-electron chi connectivity index (χ1n) is 12.5. The first kappa shape index (κ1) is 24.5. The SMILES string of the molecule is CC(C)(Cc1ccc2c(c1)CCCC=C2c1ccc(O[C@H]2CCN(CCCF)C2)cc1)C(=O)O. The van der Waals surface area contributed by atoms with Crippen molar-refractivity contribution in [1.82, 2.24) is 4.90 Å². The molecule has 2 aliphatic rings. The highest BCUT2D eigenvalue weighted by Gasteiger charge is 2.28. The van der Waals surface area contributed by atoms with Crippen molar-refractivity contribution in [2.45, 2.75) is 58.5 Å². The zero-order valence-electron chi connectivity index (χ0n) is 20.4. The van der Waals surface area contributed by atoms with E-state index in [4.69, 9.17) is 4.74 Å². The number of carbonyl (C=O) groups is 1. The Kier molecular flexibility index (Phi) is 7.72.